The van der Waals surface area contributed by atoms with Gasteiger partial charge in [-0.2, -0.15) is 0 Å². The maximum absolute atomic E-state index is 12.1. The van der Waals surface area contributed by atoms with Gasteiger partial charge in [0, 0.05) is 23.6 Å². The summed E-state index contributed by atoms with van der Waals surface area (Å²) in [5.41, 5.74) is 3.85. The fourth-order valence-electron chi connectivity index (χ4n) is 2.75. The fraction of sp³-hybridized carbons (Fsp3) is 0.105. The molecule has 0 aliphatic heterocycles. The zero-order valence-corrected chi connectivity index (χ0v) is 13.6. The standard InChI is InChI=1S/C19H16N4O2/c1-2-25-19(24)15-4-3-5-16-17(15)22-18(21-16)13-6-8-14(9-7-13)23-11-10-20-12-23/h3-12H,2H2,1H3,(H,21,22). The second-order valence-corrected chi connectivity index (χ2v) is 5.52. The lowest BCUT2D eigenvalue weighted by atomic mass is 10.2. The van der Waals surface area contributed by atoms with Crippen molar-refractivity contribution in [2.24, 2.45) is 0 Å². The molecule has 0 saturated carbocycles. The number of aromatic amines is 1. The van der Waals surface area contributed by atoms with Gasteiger partial charge in [0.05, 0.1) is 24.0 Å². The number of carbonyl (C=O) groups is 1. The molecule has 0 saturated heterocycles. The van der Waals surface area contributed by atoms with Gasteiger partial charge in [-0.3, -0.25) is 0 Å². The Hall–Kier alpha value is -3.41. The van der Waals surface area contributed by atoms with E-state index in [1.54, 1.807) is 25.5 Å². The molecule has 0 aliphatic rings. The summed E-state index contributed by atoms with van der Waals surface area (Å²) in [6.07, 6.45) is 5.38. The van der Waals surface area contributed by atoms with Crippen LogP contribution in [-0.2, 0) is 4.74 Å². The zero-order valence-electron chi connectivity index (χ0n) is 13.6. The number of benzene rings is 2. The number of aromatic nitrogens is 4. The van der Waals surface area contributed by atoms with Crippen molar-refractivity contribution >= 4 is 17.0 Å². The van der Waals surface area contributed by atoms with Gasteiger partial charge in [0.2, 0.25) is 0 Å². The minimum absolute atomic E-state index is 0.336. The Bertz CT molecular complexity index is 1020. The Kier molecular flexibility index (Phi) is 3.78. The summed E-state index contributed by atoms with van der Waals surface area (Å²) in [6.45, 7) is 2.12. The van der Waals surface area contributed by atoms with Gasteiger partial charge in [-0.15, -0.1) is 0 Å². The van der Waals surface area contributed by atoms with E-state index in [4.69, 9.17) is 4.74 Å². The van der Waals surface area contributed by atoms with E-state index in [-0.39, 0.29) is 5.97 Å². The minimum Gasteiger partial charge on any atom is -0.462 e. The second-order valence-electron chi connectivity index (χ2n) is 5.52. The van der Waals surface area contributed by atoms with Crippen LogP contribution in [0.5, 0.6) is 0 Å². The fourth-order valence-corrected chi connectivity index (χ4v) is 2.75. The number of hydrogen-bond acceptors (Lipinski definition) is 4. The molecule has 6 nitrogen and oxygen atoms in total. The number of rotatable bonds is 4. The first kappa shape index (κ1) is 15.1. The van der Waals surface area contributed by atoms with Gasteiger partial charge in [-0.25, -0.2) is 14.8 Å². The first-order chi connectivity index (χ1) is 12.3. The van der Waals surface area contributed by atoms with Crippen molar-refractivity contribution in [3.63, 3.8) is 0 Å². The average molecular weight is 332 g/mol. The third-order valence-electron chi connectivity index (χ3n) is 3.95. The molecule has 2 aromatic heterocycles. The van der Waals surface area contributed by atoms with Crippen LogP contribution in [-0.4, -0.2) is 32.1 Å². The molecule has 0 unspecified atom stereocenters. The molecule has 0 fully saturated rings. The van der Waals surface area contributed by atoms with Crippen LogP contribution in [0.15, 0.2) is 61.2 Å². The molecule has 0 atom stereocenters. The van der Waals surface area contributed by atoms with E-state index >= 15 is 0 Å². The lowest BCUT2D eigenvalue weighted by molar-refractivity contribution is 0.0528. The van der Waals surface area contributed by atoms with Crippen molar-refractivity contribution in [3.05, 3.63) is 66.7 Å². The van der Waals surface area contributed by atoms with Gasteiger partial charge in [-0.1, -0.05) is 6.07 Å². The molecule has 0 bridgehead atoms. The predicted molar refractivity (Wildman–Crippen MR) is 94.6 cm³/mol. The third-order valence-corrected chi connectivity index (χ3v) is 3.95. The van der Waals surface area contributed by atoms with Gasteiger partial charge < -0.3 is 14.3 Å². The first-order valence-corrected chi connectivity index (χ1v) is 8.01. The van der Waals surface area contributed by atoms with Crippen molar-refractivity contribution in [3.8, 4) is 17.1 Å². The Morgan fingerprint density at radius 3 is 2.76 bits per heavy atom. The monoisotopic (exact) mass is 332 g/mol. The highest BCUT2D eigenvalue weighted by Gasteiger charge is 2.15. The van der Waals surface area contributed by atoms with Crippen LogP contribution in [0.25, 0.3) is 28.1 Å². The van der Waals surface area contributed by atoms with E-state index in [2.05, 4.69) is 15.0 Å². The van der Waals surface area contributed by atoms with Crippen LogP contribution in [0, 0.1) is 0 Å². The summed E-state index contributed by atoms with van der Waals surface area (Å²) in [6, 6.07) is 13.4. The minimum atomic E-state index is -0.360. The summed E-state index contributed by atoms with van der Waals surface area (Å²) in [7, 11) is 0. The topological polar surface area (TPSA) is 72.8 Å². The van der Waals surface area contributed by atoms with Crippen LogP contribution in [0.1, 0.15) is 17.3 Å². The zero-order chi connectivity index (χ0) is 17.2. The number of esters is 1. The molecule has 0 amide bonds. The van der Waals surface area contributed by atoms with E-state index in [0.29, 0.717) is 23.5 Å². The van der Waals surface area contributed by atoms with E-state index < -0.39 is 0 Å². The van der Waals surface area contributed by atoms with Crippen molar-refractivity contribution in [1.29, 1.82) is 0 Å². The quantitative estimate of drug-likeness (QED) is 0.580. The summed E-state index contributed by atoms with van der Waals surface area (Å²) in [4.78, 5) is 24.0. The molecule has 6 heteroatoms. The molecule has 0 radical (unpaired) electrons. The SMILES string of the molecule is CCOC(=O)c1cccc2[nH]c(-c3ccc(-n4ccnc4)cc3)nc12. The Labute approximate surface area is 144 Å². The predicted octanol–water partition coefficient (Wildman–Crippen LogP) is 3.59. The largest absolute Gasteiger partial charge is 0.462 e. The molecule has 0 aliphatic carbocycles. The molecule has 0 spiro atoms. The van der Waals surface area contributed by atoms with Crippen molar-refractivity contribution in [1.82, 2.24) is 19.5 Å². The lowest BCUT2D eigenvalue weighted by Crippen LogP contribution is -2.05. The van der Waals surface area contributed by atoms with Crippen LogP contribution in [0.3, 0.4) is 0 Å². The highest BCUT2D eigenvalue weighted by Crippen LogP contribution is 2.24. The molecule has 124 valence electrons. The maximum Gasteiger partial charge on any atom is 0.340 e. The summed E-state index contributed by atoms with van der Waals surface area (Å²) < 4.78 is 7.04. The normalized spacial score (nSPS) is 10.9. The number of nitrogens with one attached hydrogen (secondary N) is 1. The molecule has 25 heavy (non-hydrogen) atoms. The number of hydrogen-bond donors (Lipinski definition) is 1. The van der Waals surface area contributed by atoms with Gasteiger partial charge in [0.1, 0.15) is 11.3 Å². The smallest absolute Gasteiger partial charge is 0.340 e. The Morgan fingerprint density at radius 2 is 2.04 bits per heavy atom. The molecular formula is C19H16N4O2. The van der Waals surface area contributed by atoms with Gasteiger partial charge in [-0.05, 0) is 43.3 Å². The molecule has 4 rings (SSSR count). The lowest BCUT2D eigenvalue weighted by Gasteiger charge is -2.03. The molecule has 2 heterocycles. The van der Waals surface area contributed by atoms with Crippen molar-refractivity contribution in [2.45, 2.75) is 6.92 Å². The Balaban J connectivity index is 1.72. The van der Waals surface area contributed by atoms with E-state index in [1.165, 1.54) is 0 Å². The number of nitrogens with zero attached hydrogens (tertiary/aromatic N) is 3. The van der Waals surface area contributed by atoms with Gasteiger partial charge in [0.15, 0.2) is 0 Å². The number of fused-ring (bicyclic) bond motifs is 1. The van der Waals surface area contributed by atoms with E-state index in [0.717, 1.165) is 16.8 Å². The summed E-state index contributed by atoms with van der Waals surface area (Å²) in [5.74, 6) is 0.352. The van der Waals surface area contributed by atoms with Gasteiger partial charge >= 0.3 is 5.97 Å². The van der Waals surface area contributed by atoms with Crippen LogP contribution in [0.4, 0.5) is 0 Å². The van der Waals surface area contributed by atoms with E-state index in [9.17, 15) is 4.79 Å². The third kappa shape index (κ3) is 2.78. The van der Waals surface area contributed by atoms with Crippen LogP contribution in [0.2, 0.25) is 0 Å². The maximum atomic E-state index is 12.1. The second kappa shape index (κ2) is 6.24. The highest BCUT2D eigenvalue weighted by atomic mass is 16.5. The Morgan fingerprint density at radius 1 is 1.20 bits per heavy atom. The molecule has 2 aromatic carbocycles. The van der Waals surface area contributed by atoms with Gasteiger partial charge in [0.25, 0.3) is 0 Å². The van der Waals surface area contributed by atoms with Crippen LogP contribution < -0.4 is 0 Å². The van der Waals surface area contributed by atoms with Crippen molar-refractivity contribution in [2.75, 3.05) is 6.61 Å². The molecule has 4 aromatic rings. The number of carbonyl (C=O) groups excluding carboxylic acids is 1. The number of ether oxygens (including phenoxy) is 1. The molecular weight excluding hydrogens is 316 g/mol. The molecule has 1 N–H and O–H groups in total. The summed E-state index contributed by atoms with van der Waals surface area (Å²) >= 11 is 0. The summed E-state index contributed by atoms with van der Waals surface area (Å²) in [5, 5.41) is 0. The highest BCUT2D eigenvalue weighted by molar-refractivity contribution is 6.02. The number of H-pyrrole nitrogens is 1. The first-order valence-electron chi connectivity index (χ1n) is 8.01. The number of para-hydroxylation sites is 1. The van der Waals surface area contributed by atoms with E-state index in [1.807, 2.05) is 47.2 Å². The van der Waals surface area contributed by atoms with Crippen LogP contribution >= 0.6 is 0 Å². The number of imidazole rings is 2. The van der Waals surface area contributed by atoms with Crippen molar-refractivity contribution < 1.29 is 9.53 Å². The average Bonchev–Trinajstić information content (AvgIpc) is 3.31.